The number of benzene rings is 1. The summed E-state index contributed by atoms with van der Waals surface area (Å²) in [4.78, 5) is 0. The molecule has 0 aliphatic heterocycles. The van der Waals surface area contributed by atoms with Gasteiger partial charge in [-0.15, -0.1) is 0 Å². The van der Waals surface area contributed by atoms with Crippen LogP contribution in [0.4, 0.5) is 0 Å². The minimum atomic E-state index is -0.488. The zero-order valence-electron chi connectivity index (χ0n) is 9.45. The first-order chi connectivity index (χ1) is 7.66. The van der Waals surface area contributed by atoms with Gasteiger partial charge in [-0.25, -0.2) is 0 Å². The van der Waals surface area contributed by atoms with Crippen molar-refractivity contribution in [2.24, 2.45) is 5.92 Å². The minimum absolute atomic E-state index is 0.488. The van der Waals surface area contributed by atoms with Crippen LogP contribution < -0.4 is 4.74 Å². The lowest BCUT2D eigenvalue weighted by molar-refractivity contribution is 0.180. The third kappa shape index (κ3) is 2.69. The van der Waals surface area contributed by atoms with Crippen LogP contribution in [-0.4, -0.2) is 11.7 Å². The van der Waals surface area contributed by atoms with Gasteiger partial charge in [0.1, 0.15) is 5.75 Å². The predicted molar refractivity (Wildman–Crippen MR) is 64.9 cm³/mol. The predicted octanol–water partition coefficient (Wildman–Crippen LogP) is 3.57. The van der Waals surface area contributed by atoms with Crippen LogP contribution in [0.1, 0.15) is 37.9 Å². The Morgan fingerprint density at radius 2 is 2.25 bits per heavy atom. The van der Waals surface area contributed by atoms with E-state index in [9.17, 15) is 5.11 Å². The molecule has 0 heterocycles. The smallest absolute Gasteiger partial charge is 0.137 e. The van der Waals surface area contributed by atoms with Gasteiger partial charge in [0, 0.05) is 0 Å². The Kier molecular flexibility index (Phi) is 3.72. The number of halogens is 1. The molecule has 1 N–H and O–H groups in total. The molecule has 1 aromatic rings. The number of rotatable bonds is 4. The Hall–Kier alpha value is -0.730. The highest BCUT2D eigenvalue weighted by atomic mass is 35.5. The van der Waals surface area contributed by atoms with Gasteiger partial charge in [-0.2, -0.15) is 0 Å². The van der Waals surface area contributed by atoms with Gasteiger partial charge in [-0.3, -0.25) is 0 Å². The number of aliphatic hydroxyl groups is 1. The molecule has 3 heteroatoms. The van der Waals surface area contributed by atoms with E-state index in [0.29, 0.717) is 10.9 Å². The monoisotopic (exact) mass is 240 g/mol. The van der Waals surface area contributed by atoms with Gasteiger partial charge in [0.15, 0.2) is 0 Å². The average Bonchev–Trinajstić information content (AvgIpc) is 2.17. The van der Waals surface area contributed by atoms with Gasteiger partial charge < -0.3 is 9.84 Å². The van der Waals surface area contributed by atoms with E-state index in [1.807, 2.05) is 12.1 Å². The molecule has 2 rings (SSSR count). The Bertz CT molecular complexity index is 359. The van der Waals surface area contributed by atoms with E-state index >= 15 is 0 Å². The summed E-state index contributed by atoms with van der Waals surface area (Å²) >= 11 is 6.08. The molecule has 88 valence electrons. The summed E-state index contributed by atoms with van der Waals surface area (Å²) in [6, 6.07) is 5.46. The second-order valence-electron chi connectivity index (χ2n) is 4.47. The Morgan fingerprint density at radius 3 is 2.75 bits per heavy atom. The molecule has 0 saturated heterocycles. The number of ether oxygens (including phenoxy) is 1. The van der Waals surface area contributed by atoms with E-state index in [0.717, 1.165) is 17.9 Å². The average molecular weight is 241 g/mol. The molecule has 0 aromatic heterocycles. The van der Waals surface area contributed by atoms with E-state index in [4.69, 9.17) is 16.3 Å². The first-order valence-corrected chi connectivity index (χ1v) is 6.15. The van der Waals surface area contributed by atoms with Crippen LogP contribution in [0.15, 0.2) is 18.2 Å². The maximum Gasteiger partial charge on any atom is 0.137 e. The molecule has 16 heavy (non-hydrogen) atoms. The summed E-state index contributed by atoms with van der Waals surface area (Å²) in [6.07, 6.45) is 3.37. The summed E-state index contributed by atoms with van der Waals surface area (Å²) in [7, 11) is 0. The molecular formula is C13H17ClO2. The molecule has 0 amide bonds. The van der Waals surface area contributed by atoms with Gasteiger partial charge in [-0.05, 0) is 43.4 Å². The second kappa shape index (κ2) is 5.07. The van der Waals surface area contributed by atoms with Crippen LogP contribution in [0.25, 0.3) is 0 Å². The first kappa shape index (κ1) is 11.7. The highest BCUT2D eigenvalue weighted by Gasteiger charge is 2.18. The molecule has 1 fully saturated rings. The second-order valence-corrected chi connectivity index (χ2v) is 4.88. The minimum Gasteiger partial charge on any atom is -0.492 e. The molecule has 0 radical (unpaired) electrons. The summed E-state index contributed by atoms with van der Waals surface area (Å²) in [5.74, 6) is 1.42. The molecule has 0 spiro atoms. The fourth-order valence-corrected chi connectivity index (χ4v) is 2.00. The number of aliphatic hydroxyl groups excluding tert-OH is 1. The van der Waals surface area contributed by atoms with Crippen molar-refractivity contribution in [3.05, 3.63) is 28.8 Å². The highest BCUT2D eigenvalue weighted by Crippen LogP contribution is 2.31. The summed E-state index contributed by atoms with van der Waals surface area (Å²) in [5, 5.41) is 9.99. The molecule has 1 unspecified atom stereocenters. The molecule has 1 atom stereocenters. The van der Waals surface area contributed by atoms with Crippen molar-refractivity contribution in [3.63, 3.8) is 0 Å². The largest absolute Gasteiger partial charge is 0.492 e. The Balaban J connectivity index is 1.98. The van der Waals surface area contributed by atoms with E-state index in [1.165, 1.54) is 19.3 Å². The van der Waals surface area contributed by atoms with Crippen LogP contribution in [0, 0.1) is 5.92 Å². The topological polar surface area (TPSA) is 29.5 Å². The third-order valence-electron chi connectivity index (χ3n) is 3.14. The van der Waals surface area contributed by atoms with Crippen LogP contribution in [0.3, 0.4) is 0 Å². The van der Waals surface area contributed by atoms with Gasteiger partial charge in [0.25, 0.3) is 0 Å². The van der Waals surface area contributed by atoms with E-state index in [1.54, 1.807) is 13.0 Å². The van der Waals surface area contributed by atoms with Crippen molar-refractivity contribution in [2.45, 2.75) is 32.3 Å². The summed E-state index contributed by atoms with van der Waals surface area (Å²) < 4.78 is 5.66. The van der Waals surface area contributed by atoms with Crippen molar-refractivity contribution in [3.8, 4) is 5.75 Å². The van der Waals surface area contributed by atoms with Gasteiger partial charge >= 0.3 is 0 Å². The van der Waals surface area contributed by atoms with E-state index in [2.05, 4.69) is 0 Å². The van der Waals surface area contributed by atoms with E-state index < -0.39 is 6.10 Å². The van der Waals surface area contributed by atoms with Gasteiger partial charge in [0.2, 0.25) is 0 Å². The fourth-order valence-electron chi connectivity index (χ4n) is 1.76. The van der Waals surface area contributed by atoms with Gasteiger partial charge in [0.05, 0.1) is 17.7 Å². The third-order valence-corrected chi connectivity index (χ3v) is 3.43. The molecule has 0 bridgehead atoms. The van der Waals surface area contributed by atoms with Crippen molar-refractivity contribution in [1.82, 2.24) is 0 Å². The Morgan fingerprint density at radius 1 is 1.50 bits per heavy atom. The lowest BCUT2D eigenvalue weighted by Crippen LogP contribution is -2.19. The molecule has 1 aliphatic rings. The first-order valence-electron chi connectivity index (χ1n) is 5.77. The SMILES string of the molecule is CC(O)c1ccc(OCC2CCC2)c(Cl)c1. The molecular weight excluding hydrogens is 224 g/mol. The highest BCUT2D eigenvalue weighted by molar-refractivity contribution is 6.32. The van der Waals surface area contributed by atoms with Crippen LogP contribution >= 0.6 is 11.6 Å². The van der Waals surface area contributed by atoms with Gasteiger partial charge in [-0.1, -0.05) is 24.1 Å². The molecule has 1 saturated carbocycles. The van der Waals surface area contributed by atoms with Crippen molar-refractivity contribution >= 4 is 11.6 Å². The van der Waals surface area contributed by atoms with Crippen LogP contribution in [-0.2, 0) is 0 Å². The maximum absolute atomic E-state index is 9.40. The van der Waals surface area contributed by atoms with Crippen molar-refractivity contribution in [1.29, 1.82) is 0 Å². The van der Waals surface area contributed by atoms with Crippen LogP contribution in [0.2, 0.25) is 5.02 Å². The zero-order valence-corrected chi connectivity index (χ0v) is 10.2. The number of hydrogen-bond donors (Lipinski definition) is 1. The Labute approximate surface area is 101 Å². The standard InChI is InChI=1S/C13H17ClO2/c1-9(15)11-5-6-13(12(14)7-11)16-8-10-3-2-4-10/h5-7,9-10,15H,2-4,8H2,1H3. The quantitative estimate of drug-likeness (QED) is 0.872. The van der Waals surface area contributed by atoms with E-state index in [-0.39, 0.29) is 0 Å². The lowest BCUT2D eigenvalue weighted by Gasteiger charge is -2.25. The normalized spacial score (nSPS) is 17.9. The summed E-state index contributed by atoms with van der Waals surface area (Å²) in [5.41, 5.74) is 0.820. The molecule has 1 aromatic carbocycles. The maximum atomic E-state index is 9.40. The number of hydrogen-bond acceptors (Lipinski definition) is 2. The molecule has 2 nitrogen and oxygen atoms in total. The lowest BCUT2D eigenvalue weighted by atomic mass is 9.86. The van der Waals surface area contributed by atoms with Crippen molar-refractivity contribution < 1.29 is 9.84 Å². The summed E-state index contributed by atoms with van der Waals surface area (Å²) in [6.45, 7) is 2.48. The fraction of sp³-hybridized carbons (Fsp3) is 0.538. The zero-order chi connectivity index (χ0) is 11.5. The van der Waals surface area contributed by atoms with Crippen molar-refractivity contribution in [2.75, 3.05) is 6.61 Å². The van der Waals surface area contributed by atoms with Crippen LogP contribution in [0.5, 0.6) is 5.75 Å². The molecule has 1 aliphatic carbocycles.